The van der Waals surface area contributed by atoms with Crippen molar-refractivity contribution < 1.29 is 49.0 Å². The summed E-state index contributed by atoms with van der Waals surface area (Å²) in [6, 6.07) is 6.88. The van der Waals surface area contributed by atoms with Gasteiger partial charge in [-0.25, -0.2) is 4.79 Å². The van der Waals surface area contributed by atoms with E-state index in [1.54, 1.807) is 12.1 Å². The summed E-state index contributed by atoms with van der Waals surface area (Å²) in [7, 11) is 1.08. The first-order chi connectivity index (χ1) is 16.1. The molecule has 1 heterocycles. The highest BCUT2D eigenvalue weighted by atomic mass is 16.7. The number of rotatable bonds is 12. The molecule has 6 N–H and O–H groups in total. The molecule has 1 aliphatic heterocycles. The van der Waals surface area contributed by atoms with Gasteiger partial charge < -0.3 is 45.3 Å². The predicted octanol–water partition coefficient (Wildman–Crippen LogP) is -1.23. The third kappa shape index (κ3) is 7.11. The van der Waals surface area contributed by atoms with E-state index < -0.39 is 67.0 Å². The molecule has 2 amide bonds. The van der Waals surface area contributed by atoms with Crippen LogP contribution in [0.5, 0.6) is 5.75 Å². The Kier molecular flexibility index (Phi) is 10.2. The molecule has 0 aromatic heterocycles. The van der Waals surface area contributed by atoms with Gasteiger partial charge in [0.05, 0.1) is 25.3 Å². The summed E-state index contributed by atoms with van der Waals surface area (Å²) in [5.74, 6) is -4.14. The Labute approximate surface area is 196 Å². The van der Waals surface area contributed by atoms with Crippen LogP contribution in [0.3, 0.4) is 0 Å². The van der Waals surface area contributed by atoms with Gasteiger partial charge in [0.1, 0.15) is 24.1 Å². The summed E-state index contributed by atoms with van der Waals surface area (Å²) in [6.45, 7) is 0.613. The molecule has 0 saturated carbocycles. The summed E-state index contributed by atoms with van der Waals surface area (Å²) in [5, 5.41) is 44.6. The van der Waals surface area contributed by atoms with Gasteiger partial charge in [0.2, 0.25) is 11.8 Å². The van der Waals surface area contributed by atoms with E-state index in [2.05, 4.69) is 10.6 Å². The lowest BCUT2D eigenvalue weighted by Gasteiger charge is -2.47. The molecule has 1 fully saturated rings. The van der Waals surface area contributed by atoms with Crippen LogP contribution in [0.2, 0.25) is 0 Å². The topological polar surface area (TPSA) is 184 Å². The van der Waals surface area contributed by atoms with Crippen LogP contribution in [0.25, 0.3) is 0 Å². The Bertz CT molecular complexity index is 823. The average Bonchev–Trinajstić information content (AvgIpc) is 2.82. The van der Waals surface area contributed by atoms with E-state index in [9.17, 15) is 34.8 Å². The van der Waals surface area contributed by atoms with Crippen LogP contribution in [0.15, 0.2) is 30.3 Å². The first kappa shape index (κ1) is 27.5. The Hall–Kier alpha value is -2.77. The number of para-hydroxylation sites is 1. The van der Waals surface area contributed by atoms with Crippen LogP contribution >= 0.6 is 0 Å². The van der Waals surface area contributed by atoms with Gasteiger partial charge in [0, 0.05) is 26.9 Å². The van der Waals surface area contributed by atoms with Crippen LogP contribution in [0.4, 0.5) is 0 Å². The van der Waals surface area contributed by atoms with Crippen molar-refractivity contribution in [2.75, 3.05) is 20.3 Å². The molecule has 0 unspecified atom stereocenters. The Morgan fingerprint density at radius 3 is 2.44 bits per heavy atom. The molecular weight excluding hydrogens is 452 g/mol. The van der Waals surface area contributed by atoms with Crippen LogP contribution in [-0.2, 0) is 23.9 Å². The molecule has 12 nitrogen and oxygen atoms in total. The Balaban J connectivity index is 2.15. The molecule has 0 spiro atoms. The zero-order chi connectivity index (χ0) is 25.3. The summed E-state index contributed by atoms with van der Waals surface area (Å²) >= 11 is 0. The van der Waals surface area contributed by atoms with E-state index in [0.29, 0.717) is 12.2 Å². The minimum Gasteiger partial charge on any atom is -0.494 e. The third-order valence-electron chi connectivity index (χ3n) is 5.45. The number of benzene rings is 1. The second-order valence-corrected chi connectivity index (χ2v) is 7.95. The zero-order valence-electron chi connectivity index (χ0n) is 19.0. The lowest BCUT2D eigenvalue weighted by Crippen LogP contribution is -2.70. The molecule has 0 bridgehead atoms. The molecule has 1 aromatic carbocycles. The summed E-state index contributed by atoms with van der Waals surface area (Å²) < 4.78 is 16.1. The number of carboxylic acids is 1. The van der Waals surface area contributed by atoms with E-state index in [-0.39, 0.29) is 13.0 Å². The van der Waals surface area contributed by atoms with E-state index in [4.69, 9.17) is 14.2 Å². The van der Waals surface area contributed by atoms with Gasteiger partial charge in [-0.3, -0.25) is 9.59 Å². The fourth-order valence-corrected chi connectivity index (χ4v) is 3.73. The quantitative estimate of drug-likeness (QED) is 0.196. The van der Waals surface area contributed by atoms with E-state index in [1.807, 2.05) is 18.2 Å². The van der Waals surface area contributed by atoms with Crippen LogP contribution in [0.1, 0.15) is 26.2 Å². The van der Waals surface area contributed by atoms with Gasteiger partial charge >= 0.3 is 5.97 Å². The minimum absolute atomic E-state index is 0.0382. The van der Waals surface area contributed by atoms with Crippen molar-refractivity contribution in [3.05, 3.63) is 30.3 Å². The highest BCUT2D eigenvalue weighted by Crippen LogP contribution is 2.33. The molecule has 6 atom stereocenters. The Morgan fingerprint density at radius 2 is 1.88 bits per heavy atom. The van der Waals surface area contributed by atoms with E-state index >= 15 is 0 Å². The third-order valence-corrected chi connectivity index (χ3v) is 5.45. The molecule has 12 heteroatoms. The van der Waals surface area contributed by atoms with Crippen molar-refractivity contribution >= 4 is 17.8 Å². The molecule has 34 heavy (non-hydrogen) atoms. The smallest absolute Gasteiger partial charge is 0.364 e. The maximum atomic E-state index is 12.6. The van der Waals surface area contributed by atoms with E-state index in [0.717, 1.165) is 7.11 Å². The molecule has 2 rings (SSSR count). The molecule has 1 aliphatic rings. The maximum Gasteiger partial charge on any atom is 0.364 e. The van der Waals surface area contributed by atoms with Crippen LogP contribution < -0.4 is 15.4 Å². The van der Waals surface area contributed by atoms with Crippen molar-refractivity contribution in [1.82, 2.24) is 10.6 Å². The van der Waals surface area contributed by atoms with Crippen molar-refractivity contribution in [3.63, 3.8) is 0 Å². The zero-order valence-corrected chi connectivity index (χ0v) is 19.0. The monoisotopic (exact) mass is 484 g/mol. The second-order valence-electron chi connectivity index (χ2n) is 7.95. The number of aliphatic carboxylic acids is 1. The van der Waals surface area contributed by atoms with Crippen molar-refractivity contribution in [2.24, 2.45) is 0 Å². The highest BCUT2D eigenvalue weighted by molar-refractivity contribution is 5.79. The number of amides is 2. The van der Waals surface area contributed by atoms with Crippen LogP contribution in [-0.4, -0.2) is 94.7 Å². The normalized spacial score (nSPS) is 26.2. The van der Waals surface area contributed by atoms with Crippen molar-refractivity contribution in [1.29, 1.82) is 0 Å². The number of carbonyl (C=O) groups excluding carboxylic acids is 2. The number of carbonyl (C=O) groups is 3. The van der Waals surface area contributed by atoms with Gasteiger partial charge in [-0.05, 0) is 18.6 Å². The molecule has 0 aliphatic carbocycles. The maximum absolute atomic E-state index is 12.6. The summed E-state index contributed by atoms with van der Waals surface area (Å²) in [4.78, 5) is 36.4. The molecule has 0 radical (unpaired) electrons. The molecular formula is C22H32N2O10. The predicted molar refractivity (Wildman–Crippen MR) is 117 cm³/mol. The van der Waals surface area contributed by atoms with Gasteiger partial charge in [-0.15, -0.1) is 0 Å². The molecule has 1 saturated heterocycles. The number of ether oxygens (including phenoxy) is 3. The fourth-order valence-electron chi connectivity index (χ4n) is 3.73. The first-order valence-electron chi connectivity index (χ1n) is 10.8. The minimum atomic E-state index is -2.27. The average molecular weight is 485 g/mol. The number of hydrogen-bond acceptors (Lipinski definition) is 9. The fraction of sp³-hybridized carbons (Fsp3) is 0.591. The largest absolute Gasteiger partial charge is 0.494 e. The molecule has 1 aromatic rings. The van der Waals surface area contributed by atoms with Gasteiger partial charge in [0.15, 0.2) is 0 Å². The molecule has 190 valence electrons. The SMILES string of the molecule is CO[C@]1(C(=O)O)C[C@H](NC(=O)CCCOc2ccccc2)[C@@H](NC(C)=O)[C@H]([C@H](O)[C@H](O)CO)O1. The van der Waals surface area contributed by atoms with Crippen LogP contribution in [0, 0.1) is 0 Å². The first-order valence-corrected chi connectivity index (χ1v) is 10.8. The number of carboxylic acid groups (broad SMARTS) is 1. The number of nitrogens with one attached hydrogen (secondary N) is 2. The number of aliphatic hydroxyl groups excluding tert-OH is 3. The highest BCUT2D eigenvalue weighted by Gasteiger charge is 2.55. The van der Waals surface area contributed by atoms with E-state index in [1.165, 1.54) is 6.92 Å². The summed E-state index contributed by atoms with van der Waals surface area (Å²) in [5.41, 5.74) is 0. The number of hydrogen-bond donors (Lipinski definition) is 6. The van der Waals surface area contributed by atoms with Gasteiger partial charge in [0.25, 0.3) is 5.79 Å². The Morgan fingerprint density at radius 1 is 1.21 bits per heavy atom. The van der Waals surface area contributed by atoms with Gasteiger partial charge in [-0.2, -0.15) is 0 Å². The lowest BCUT2D eigenvalue weighted by molar-refractivity contribution is -0.293. The van der Waals surface area contributed by atoms with Crippen molar-refractivity contribution in [2.45, 2.75) is 62.4 Å². The summed E-state index contributed by atoms with van der Waals surface area (Å²) in [6.07, 6.45) is -5.02. The van der Waals surface area contributed by atoms with Crippen molar-refractivity contribution in [3.8, 4) is 5.75 Å². The second kappa shape index (κ2) is 12.6. The van der Waals surface area contributed by atoms with Gasteiger partial charge in [-0.1, -0.05) is 18.2 Å². The lowest BCUT2D eigenvalue weighted by atomic mass is 9.86. The number of aliphatic hydroxyl groups is 3. The number of methoxy groups -OCH3 is 1. The standard InChI is InChI=1S/C22H32N2O10/c1-13(26)23-18-15(24-17(28)9-6-10-33-14-7-4-3-5-8-14)11-22(32-2,21(30)31)34-20(18)19(29)16(27)12-25/h3-5,7-8,15-16,18-20,25,27,29H,6,9-12H2,1-2H3,(H,23,26)(H,24,28)(H,30,31)/t15-,16+,18+,19+,20+,22+/m0/s1.